The lowest BCUT2D eigenvalue weighted by Crippen LogP contribution is -3.28. The number of anilines is 1. The average molecular weight is 431 g/mol. The van der Waals surface area contributed by atoms with E-state index in [1.165, 1.54) is 21.9 Å². The van der Waals surface area contributed by atoms with E-state index in [1.807, 2.05) is 31.2 Å². The number of hydrogen-bond donors (Lipinski definition) is 4. The van der Waals surface area contributed by atoms with Gasteiger partial charge >= 0.3 is 0 Å². The Morgan fingerprint density at radius 1 is 0.968 bits per heavy atom. The van der Waals surface area contributed by atoms with E-state index in [0.29, 0.717) is 31.9 Å². The smallest absolute Gasteiger partial charge is 0.279 e. The van der Waals surface area contributed by atoms with E-state index in [4.69, 9.17) is 4.74 Å². The van der Waals surface area contributed by atoms with Crippen LogP contribution in [0, 0.1) is 12.7 Å². The van der Waals surface area contributed by atoms with Crippen LogP contribution in [-0.2, 0) is 9.59 Å². The van der Waals surface area contributed by atoms with Crippen molar-refractivity contribution in [2.24, 2.45) is 0 Å². The molecule has 0 saturated carbocycles. The topological polar surface area (TPSA) is 76.3 Å². The number of piperazine rings is 1. The number of amides is 2. The van der Waals surface area contributed by atoms with Crippen molar-refractivity contribution in [3.63, 3.8) is 0 Å². The average Bonchev–Trinajstić information content (AvgIpc) is 2.74. The highest BCUT2D eigenvalue weighted by molar-refractivity contribution is 5.91. The number of quaternary nitrogens is 2. The van der Waals surface area contributed by atoms with Gasteiger partial charge in [-0.25, -0.2) is 4.39 Å². The number of carbonyl (C=O) groups is 2. The Bertz CT molecular complexity index is 867. The highest BCUT2D eigenvalue weighted by Gasteiger charge is 2.26. The molecular weight excluding hydrogens is 399 g/mol. The number of halogens is 1. The molecule has 1 heterocycles. The van der Waals surface area contributed by atoms with Crippen molar-refractivity contribution in [2.75, 3.05) is 57.7 Å². The van der Waals surface area contributed by atoms with Crippen molar-refractivity contribution in [1.29, 1.82) is 0 Å². The molecule has 1 saturated heterocycles. The first kappa shape index (κ1) is 22.7. The van der Waals surface area contributed by atoms with Crippen LogP contribution >= 0.6 is 0 Å². The minimum atomic E-state index is -0.328. The van der Waals surface area contributed by atoms with Crippen molar-refractivity contribution < 1.29 is 28.5 Å². The molecule has 1 aliphatic rings. The number of carbonyl (C=O) groups excluding carboxylic acids is 2. The van der Waals surface area contributed by atoms with Gasteiger partial charge in [-0.1, -0.05) is 12.1 Å². The molecule has 0 atom stereocenters. The molecule has 0 radical (unpaired) electrons. The van der Waals surface area contributed by atoms with Gasteiger partial charge in [-0.05, 0) is 48.9 Å². The largest absolute Gasteiger partial charge is 0.492 e. The number of nitrogens with one attached hydrogen (secondary N) is 4. The van der Waals surface area contributed by atoms with Crippen molar-refractivity contribution in [3.8, 4) is 5.75 Å². The summed E-state index contributed by atoms with van der Waals surface area (Å²) >= 11 is 0. The molecule has 31 heavy (non-hydrogen) atoms. The fourth-order valence-electron chi connectivity index (χ4n) is 3.63. The van der Waals surface area contributed by atoms with Gasteiger partial charge < -0.3 is 25.2 Å². The lowest BCUT2D eigenvalue weighted by atomic mass is 10.2. The second kappa shape index (κ2) is 11.4. The van der Waals surface area contributed by atoms with Crippen LogP contribution < -0.4 is 25.2 Å². The first-order valence-electron chi connectivity index (χ1n) is 10.7. The van der Waals surface area contributed by atoms with Gasteiger partial charge in [-0.15, -0.1) is 0 Å². The zero-order valence-corrected chi connectivity index (χ0v) is 17.9. The van der Waals surface area contributed by atoms with Crippen LogP contribution in [0.2, 0.25) is 0 Å². The van der Waals surface area contributed by atoms with E-state index in [-0.39, 0.29) is 17.6 Å². The molecule has 1 aliphatic heterocycles. The van der Waals surface area contributed by atoms with E-state index in [1.54, 1.807) is 12.1 Å². The summed E-state index contributed by atoms with van der Waals surface area (Å²) in [6, 6.07) is 13.6. The third-order valence-electron chi connectivity index (χ3n) is 5.30. The molecule has 0 aliphatic carbocycles. The summed E-state index contributed by atoms with van der Waals surface area (Å²) in [5.41, 5.74) is 1.73. The lowest BCUT2D eigenvalue weighted by molar-refractivity contribution is -1.00. The van der Waals surface area contributed by atoms with Gasteiger partial charge in [0.2, 0.25) is 0 Å². The molecule has 166 valence electrons. The summed E-state index contributed by atoms with van der Waals surface area (Å²) < 4.78 is 18.6. The molecule has 0 aromatic heterocycles. The molecule has 0 spiro atoms. The molecule has 8 heteroatoms. The fraction of sp³-hybridized carbons (Fsp3) is 0.391. The first-order chi connectivity index (χ1) is 15.0. The maximum Gasteiger partial charge on any atom is 0.279 e. The van der Waals surface area contributed by atoms with Gasteiger partial charge in [0.05, 0.1) is 6.54 Å². The zero-order chi connectivity index (χ0) is 22.1. The van der Waals surface area contributed by atoms with E-state index in [9.17, 15) is 14.0 Å². The van der Waals surface area contributed by atoms with Crippen LogP contribution in [0.4, 0.5) is 10.1 Å². The molecule has 0 unspecified atom stereocenters. The highest BCUT2D eigenvalue weighted by atomic mass is 19.1. The third kappa shape index (κ3) is 7.99. The number of aryl methyl sites for hydroxylation is 1. The van der Waals surface area contributed by atoms with Crippen LogP contribution in [0.3, 0.4) is 0 Å². The number of hydrogen-bond acceptors (Lipinski definition) is 3. The molecule has 0 bridgehead atoms. The van der Waals surface area contributed by atoms with Gasteiger partial charge in [-0.3, -0.25) is 9.59 Å². The number of benzene rings is 2. The first-order valence-corrected chi connectivity index (χ1v) is 10.7. The van der Waals surface area contributed by atoms with E-state index >= 15 is 0 Å². The molecule has 2 aromatic carbocycles. The third-order valence-corrected chi connectivity index (χ3v) is 5.30. The molecule has 3 rings (SSSR count). The van der Waals surface area contributed by atoms with Crippen molar-refractivity contribution in [1.82, 2.24) is 5.32 Å². The van der Waals surface area contributed by atoms with Gasteiger partial charge in [-0.2, -0.15) is 0 Å². The van der Waals surface area contributed by atoms with Crippen LogP contribution in [-0.4, -0.2) is 64.2 Å². The van der Waals surface area contributed by atoms with E-state index in [0.717, 1.165) is 37.5 Å². The van der Waals surface area contributed by atoms with Crippen molar-refractivity contribution in [2.45, 2.75) is 6.92 Å². The zero-order valence-electron chi connectivity index (χ0n) is 17.9. The predicted molar refractivity (Wildman–Crippen MR) is 116 cm³/mol. The summed E-state index contributed by atoms with van der Waals surface area (Å²) in [6.45, 7) is 7.06. The molecule has 4 N–H and O–H groups in total. The summed E-state index contributed by atoms with van der Waals surface area (Å²) in [5.74, 6) is 0.407. The fourth-order valence-corrected chi connectivity index (χ4v) is 3.63. The molecule has 2 amide bonds. The Balaban J connectivity index is 1.28. The van der Waals surface area contributed by atoms with E-state index < -0.39 is 0 Å². The Kier molecular flexibility index (Phi) is 8.37. The monoisotopic (exact) mass is 430 g/mol. The molecule has 2 aromatic rings. The number of rotatable bonds is 9. The van der Waals surface area contributed by atoms with Crippen molar-refractivity contribution >= 4 is 17.5 Å². The minimum absolute atomic E-state index is 0.0142. The van der Waals surface area contributed by atoms with Crippen LogP contribution in [0.1, 0.15) is 5.56 Å². The van der Waals surface area contributed by atoms with Gasteiger partial charge in [0, 0.05) is 5.69 Å². The Labute approximate surface area is 182 Å². The second-order valence-corrected chi connectivity index (χ2v) is 7.92. The molecule has 1 fully saturated rings. The number of ether oxygens (including phenoxy) is 1. The Hall–Kier alpha value is -2.97. The van der Waals surface area contributed by atoms with Gasteiger partial charge in [0.1, 0.15) is 44.4 Å². The quantitative estimate of drug-likeness (QED) is 0.388. The minimum Gasteiger partial charge on any atom is -0.492 e. The van der Waals surface area contributed by atoms with Crippen LogP contribution in [0.25, 0.3) is 0 Å². The second-order valence-electron chi connectivity index (χ2n) is 7.92. The normalized spacial score (nSPS) is 18.3. The molecule has 7 nitrogen and oxygen atoms in total. The van der Waals surface area contributed by atoms with Crippen LogP contribution in [0.15, 0.2) is 48.5 Å². The lowest BCUT2D eigenvalue weighted by Gasteiger charge is -2.28. The summed E-state index contributed by atoms with van der Waals surface area (Å²) in [7, 11) is 0. The van der Waals surface area contributed by atoms with Crippen LogP contribution in [0.5, 0.6) is 5.75 Å². The SMILES string of the molecule is Cc1cccc(OCCNC(=O)C[NH+]2CC[NH+](CC(=O)Nc3ccc(F)cc3)CC2)c1. The highest BCUT2D eigenvalue weighted by Crippen LogP contribution is 2.11. The summed E-state index contributed by atoms with van der Waals surface area (Å²) in [6.07, 6.45) is 0. The summed E-state index contributed by atoms with van der Waals surface area (Å²) in [4.78, 5) is 26.8. The van der Waals surface area contributed by atoms with E-state index in [2.05, 4.69) is 10.6 Å². The maximum absolute atomic E-state index is 12.9. The molecular formula is C23H31FN4O3+2. The van der Waals surface area contributed by atoms with Crippen molar-refractivity contribution in [3.05, 3.63) is 59.9 Å². The Morgan fingerprint density at radius 2 is 1.61 bits per heavy atom. The Morgan fingerprint density at radius 3 is 2.26 bits per heavy atom. The predicted octanol–water partition coefficient (Wildman–Crippen LogP) is -0.949. The van der Waals surface area contributed by atoms with Gasteiger partial charge in [0.25, 0.3) is 11.8 Å². The standard InChI is InChI=1S/C23H29FN4O3/c1-18-3-2-4-21(15-18)31-14-9-25-22(29)16-27-10-12-28(13-11-27)17-23(30)26-20-7-5-19(24)6-8-20/h2-8,15H,9-14,16-17H2,1H3,(H,25,29)(H,26,30)/p+2. The van der Waals surface area contributed by atoms with Gasteiger partial charge in [0.15, 0.2) is 13.1 Å². The maximum atomic E-state index is 12.9. The summed E-state index contributed by atoms with van der Waals surface area (Å²) in [5, 5.41) is 5.70.